The van der Waals surface area contributed by atoms with Crippen LogP contribution in [0.2, 0.25) is 0 Å². The van der Waals surface area contributed by atoms with Crippen LogP contribution in [0, 0.1) is 22.7 Å². The van der Waals surface area contributed by atoms with E-state index in [4.69, 9.17) is 0 Å². The van der Waals surface area contributed by atoms with Crippen LogP contribution < -0.4 is 10.6 Å². The summed E-state index contributed by atoms with van der Waals surface area (Å²) in [6, 6.07) is 12.2. The first-order chi connectivity index (χ1) is 13.1. The molecule has 2 rings (SSSR count). The maximum absolute atomic E-state index is 3.78. The first-order valence-electron chi connectivity index (χ1n) is 11.6. The Morgan fingerprint density at radius 2 is 1.50 bits per heavy atom. The molecule has 0 bridgehead atoms. The van der Waals surface area contributed by atoms with Gasteiger partial charge >= 0.3 is 0 Å². The van der Waals surface area contributed by atoms with Crippen molar-refractivity contribution in [3.8, 4) is 0 Å². The lowest BCUT2D eigenvalue weighted by atomic mass is 9.63. The Bertz CT molecular complexity index is 552. The smallest absolute Gasteiger partial charge is 0.0325 e. The van der Waals surface area contributed by atoms with E-state index in [0.717, 1.165) is 24.9 Å². The molecule has 2 nitrogen and oxygen atoms in total. The topological polar surface area (TPSA) is 24.1 Å². The molecule has 28 heavy (non-hydrogen) atoms. The Balaban J connectivity index is 1.89. The fraction of sp³-hybridized carbons (Fsp3) is 0.769. The maximum Gasteiger partial charge on any atom is 0.0325 e. The first-order valence-corrected chi connectivity index (χ1v) is 11.6. The minimum absolute atomic E-state index is 0.371. The first kappa shape index (κ1) is 23.4. The van der Waals surface area contributed by atoms with Gasteiger partial charge in [0.25, 0.3) is 0 Å². The maximum atomic E-state index is 3.78. The Morgan fingerprint density at radius 3 is 2.04 bits per heavy atom. The molecule has 0 heterocycles. The monoisotopic (exact) mass is 386 g/mol. The second-order valence-electron chi connectivity index (χ2n) is 11.1. The fourth-order valence-corrected chi connectivity index (χ4v) is 5.27. The highest BCUT2D eigenvalue weighted by atomic mass is 14.9. The zero-order valence-electron chi connectivity index (χ0n) is 19.6. The van der Waals surface area contributed by atoms with Gasteiger partial charge < -0.3 is 10.6 Å². The van der Waals surface area contributed by atoms with Gasteiger partial charge in [-0.2, -0.15) is 0 Å². The molecule has 0 radical (unpaired) electrons. The second kappa shape index (κ2) is 10.3. The fourth-order valence-electron chi connectivity index (χ4n) is 5.27. The lowest BCUT2D eigenvalue weighted by Gasteiger charge is -2.46. The SMILES string of the molecule is CCNC(CC(C)(C)CC1CC(C(CC(C)(C)C)NCC)C1)c1ccccc1. The van der Waals surface area contributed by atoms with Gasteiger partial charge in [-0.15, -0.1) is 0 Å². The van der Waals surface area contributed by atoms with Gasteiger partial charge in [0.1, 0.15) is 0 Å². The van der Waals surface area contributed by atoms with Crippen molar-refractivity contribution in [2.45, 2.75) is 92.7 Å². The van der Waals surface area contributed by atoms with Crippen molar-refractivity contribution in [2.75, 3.05) is 13.1 Å². The largest absolute Gasteiger partial charge is 0.314 e. The normalized spacial score (nSPS) is 22.5. The summed E-state index contributed by atoms with van der Waals surface area (Å²) in [4.78, 5) is 0. The van der Waals surface area contributed by atoms with E-state index in [1.807, 2.05) is 0 Å². The lowest BCUT2D eigenvalue weighted by Crippen LogP contribution is -2.45. The number of rotatable bonds is 11. The molecule has 2 heteroatoms. The van der Waals surface area contributed by atoms with Gasteiger partial charge in [-0.25, -0.2) is 0 Å². The molecular weight excluding hydrogens is 340 g/mol. The average Bonchev–Trinajstić information content (AvgIpc) is 2.56. The van der Waals surface area contributed by atoms with Crippen LogP contribution in [0.1, 0.15) is 92.2 Å². The highest BCUT2D eigenvalue weighted by Gasteiger charge is 2.39. The van der Waals surface area contributed by atoms with E-state index in [-0.39, 0.29) is 0 Å². The molecule has 1 aromatic rings. The summed E-state index contributed by atoms with van der Waals surface area (Å²) in [5.41, 5.74) is 2.21. The van der Waals surface area contributed by atoms with Crippen LogP contribution in [0.3, 0.4) is 0 Å². The van der Waals surface area contributed by atoms with Crippen LogP contribution in [0.25, 0.3) is 0 Å². The molecule has 1 aliphatic carbocycles. The third-order valence-electron chi connectivity index (χ3n) is 6.39. The zero-order chi connectivity index (χ0) is 20.8. The Morgan fingerprint density at radius 1 is 0.893 bits per heavy atom. The summed E-state index contributed by atoms with van der Waals surface area (Å²) in [6.07, 6.45) is 6.68. The highest BCUT2D eigenvalue weighted by Crippen LogP contribution is 2.46. The van der Waals surface area contributed by atoms with Crippen LogP contribution in [0.4, 0.5) is 0 Å². The molecule has 0 aromatic heterocycles. The quantitative estimate of drug-likeness (QED) is 0.448. The molecule has 2 unspecified atom stereocenters. The number of benzene rings is 1. The second-order valence-corrected chi connectivity index (χ2v) is 11.1. The molecule has 1 fully saturated rings. The molecule has 2 N–H and O–H groups in total. The molecule has 2 atom stereocenters. The van der Waals surface area contributed by atoms with Crippen LogP contribution in [0.15, 0.2) is 30.3 Å². The number of nitrogens with one attached hydrogen (secondary N) is 2. The van der Waals surface area contributed by atoms with Gasteiger partial charge in [0, 0.05) is 12.1 Å². The van der Waals surface area contributed by atoms with E-state index in [0.29, 0.717) is 22.9 Å². The van der Waals surface area contributed by atoms with Crippen molar-refractivity contribution in [1.29, 1.82) is 0 Å². The van der Waals surface area contributed by atoms with Gasteiger partial charge in [-0.3, -0.25) is 0 Å². The summed E-state index contributed by atoms with van der Waals surface area (Å²) in [5.74, 6) is 1.78. The third kappa shape index (κ3) is 7.52. The zero-order valence-corrected chi connectivity index (χ0v) is 19.6. The van der Waals surface area contributed by atoms with E-state index >= 15 is 0 Å². The Kier molecular flexibility index (Phi) is 8.58. The van der Waals surface area contributed by atoms with E-state index in [1.54, 1.807) is 0 Å². The molecule has 0 saturated heterocycles. The van der Waals surface area contributed by atoms with Gasteiger partial charge in [0.05, 0.1) is 0 Å². The summed E-state index contributed by atoms with van der Waals surface area (Å²) >= 11 is 0. The van der Waals surface area contributed by atoms with Crippen molar-refractivity contribution in [3.63, 3.8) is 0 Å². The molecule has 0 amide bonds. The van der Waals surface area contributed by atoms with Crippen LogP contribution in [-0.4, -0.2) is 19.1 Å². The predicted molar refractivity (Wildman–Crippen MR) is 124 cm³/mol. The van der Waals surface area contributed by atoms with Crippen molar-refractivity contribution in [3.05, 3.63) is 35.9 Å². The van der Waals surface area contributed by atoms with Crippen LogP contribution >= 0.6 is 0 Å². The van der Waals surface area contributed by atoms with Gasteiger partial charge in [0.2, 0.25) is 0 Å². The molecule has 0 spiro atoms. The third-order valence-corrected chi connectivity index (χ3v) is 6.39. The average molecular weight is 387 g/mol. The van der Waals surface area contributed by atoms with Crippen molar-refractivity contribution >= 4 is 0 Å². The Hall–Kier alpha value is -0.860. The van der Waals surface area contributed by atoms with E-state index in [2.05, 4.69) is 89.4 Å². The molecule has 160 valence electrons. The Labute approximate surface area is 175 Å². The number of hydrogen-bond acceptors (Lipinski definition) is 2. The van der Waals surface area contributed by atoms with Gasteiger partial charge in [-0.1, -0.05) is 78.8 Å². The summed E-state index contributed by atoms with van der Waals surface area (Å²) in [5, 5.41) is 7.51. The number of hydrogen-bond donors (Lipinski definition) is 2. The van der Waals surface area contributed by atoms with Crippen LogP contribution in [0.5, 0.6) is 0 Å². The minimum Gasteiger partial charge on any atom is -0.314 e. The lowest BCUT2D eigenvalue weighted by molar-refractivity contribution is 0.0756. The van der Waals surface area contributed by atoms with Gasteiger partial charge in [-0.05, 0) is 73.4 Å². The van der Waals surface area contributed by atoms with Crippen LogP contribution in [-0.2, 0) is 0 Å². The standard InChI is InChI=1S/C26H46N2/c1-8-27-23(18-25(3,4)5)22-15-20(16-22)17-26(6,7)19-24(28-9-2)21-13-11-10-12-14-21/h10-14,20,22-24,27-28H,8-9,15-19H2,1-7H3. The summed E-state index contributed by atoms with van der Waals surface area (Å²) in [6.45, 7) is 18.7. The molecular formula is C26H46N2. The van der Waals surface area contributed by atoms with Gasteiger partial charge in [0.15, 0.2) is 0 Å². The van der Waals surface area contributed by atoms with Crippen molar-refractivity contribution in [2.24, 2.45) is 22.7 Å². The highest BCUT2D eigenvalue weighted by molar-refractivity contribution is 5.19. The molecule has 1 aliphatic rings. The molecule has 1 saturated carbocycles. The van der Waals surface area contributed by atoms with Crippen molar-refractivity contribution in [1.82, 2.24) is 10.6 Å². The summed E-state index contributed by atoms with van der Waals surface area (Å²) < 4.78 is 0. The van der Waals surface area contributed by atoms with E-state index < -0.39 is 0 Å². The predicted octanol–water partition coefficient (Wildman–Crippen LogP) is 6.58. The summed E-state index contributed by atoms with van der Waals surface area (Å²) in [7, 11) is 0. The van der Waals surface area contributed by atoms with E-state index in [1.165, 1.54) is 37.7 Å². The minimum atomic E-state index is 0.371. The molecule has 1 aromatic carbocycles. The van der Waals surface area contributed by atoms with E-state index in [9.17, 15) is 0 Å². The molecule has 0 aliphatic heterocycles. The van der Waals surface area contributed by atoms with Crippen molar-refractivity contribution < 1.29 is 0 Å².